The summed E-state index contributed by atoms with van der Waals surface area (Å²) in [5.41, 5.74) is 3.23. The van der Waals surface area contributed by atoms with Gasteiger partial charge in [0.2, 0.25) is 0 Å². The highest BCUT2D eigenvalue weighted by Crippen LogP contribution is 2.34. The molecule has 8 heteroatoms. The van der Waals surface area contributed by atoms with Crippen LogP contribution >= 0.6 is 11.3 Å². The van der Waals surface area contributed by atoms with Crippen LogP contribution in [0.4, 0.5) is 8.78 Å². The Kier molecular flexibility index (Phi) is 5.62. The molecular weight excluding hydrogens is 466 g/mol. The molecule has 0 fully saturated rings. The molecule has 1 unspecified atom stereocenters. The van der Waals surface area contributed by atoms with Gasteiger partial charge in [-0.3, -0.25) is 14.3 Å². The molecule has 0 aliphatic heterocycles. The van der Waals surface area contributed by atoms with Gasteiger partial charge in [-0.25, -0.2) is 13.8 Å². The smallest absolute Gasteiger partial charge is 0.262 e. The molecular formula is C27H22F2N4OS. The van der Waals surface area contributed by atoms with Crippen LogP contribution in [0.1, 0.15) is 28.0 Å². The van der Waals surface area contributed by atoms with Gasteiger partial charge in [-0.1, -0.05) is 30.3 Å². The van der Waals surface area contributed by atoms with E-state index in [4.69, 9.17) is 0 Å². The average Bonchev–Trinajstić information content (AvgIpc) is 3.25. The van der Waals surface area contributed by atoms with Crippen molar-refractivity contribution < 1.29 is 8.78 Å². The summed E-state index contributed by atoms with van der Waals surface area (Å²) in [6, 6.07) is 14.3. The van der Waals surface area contributed by atoms with Crippen LogP contribution in [-0.2, 0) is 25.9 Å². The maximum absolute atomic E-state index is 14.0. The number of nitrogens with one attached hydrogen (secondary N) is 1. The molecule has 5 aromatic rings. The minimum atomic E-state index is -0.832. The van der Waals surface area contributed by atoms with Gasteiger partial charge in [0.25, 0.3) is 5.56 Å². The summed E-state index contributed by atoms with van der Waals surface area (Å²) in [7, 11) is 0. The van der Waals surface area contributed by atoms with E-state index in [0.29, 0.717) is 17.5 Å². The summed E-state index contributed by atoms with van der Waals surface area (Å²) in [5, 5.41) is 5.10. The summed E-state index contributed by atoms with van der Waals surface area (Å²) in [6.45, 7) is 0.674. The number of aromatic nitrogens is 3. The van der Waals surface area contributed by atoms with Crippen molar-refractivity contribution in [2.24, 2.45) is 0 Å². The second-order valence-electron chi connectivity index (χ2n) is 8.93. The number of fused-ring (bicyclic) bond motifs is 4. The average molecular weight is 489 g/mol. The van der Waals surface area contributed by atoms with Crippen LogP contribution in [0.5, 0.6) is 0 Å². The molecule has 6 rings (SSSR count). The maximum atomic E-state index is 14.0. The minimum Gasteiger partial charge on any atom is -0.309 e. The molecule has 3 aromatic heterocycles. The number of hydrogen-bond donors (Lipinski definition) is 1. The van der Waals surface area contributed by atoms with Crippen LogP contribution in [0.25, 0.3) is 21.1 Å². The minimum absolute atomic E-state index is 0.0334. The number of halogens is 2. The van der Waals surface area contributed by atoms with Crippen LogP contribution in [0.15, 0.2) is 65.8 Å². The largest absolute Gasteiger partial charge is 0.309 e. The third-order valence-electron chi connectivity index (χ3n) is 6.65. The first-order chi connectivity index (χ1) is 17.1. The predicted octanol–water partition coefficient (Wildman–Crippen LogP) is 4.98. The highest BCUT2D eigenvalue weighted by atomic mass is 32.1. The number of hydrogen-bond acceptors (Lipinski definition) is 5. The molecule has 0 bridgehead atoms. The zero-order valence-corrected chi connectivity index (χ0v) is 19.6. The van der Waals surface area contributed by atoms with Crippen molar-refractivity contribution in [2.45, 2.75) is 38.4 Å². The molecule has 5 nitrogen and oxygen atoms in total. The fraction of sp³-hybridized carbons (Fsp3) is 0.222. The topological polar surface area (TPSA) is 59.8 Å². The SMILES string of the molecule is O=c1c2c3c(sc2ncn1Cc1cnc2ccccc2c1)CC(NCc1cccc(F)c1F)CC3. The van der Waals surface area contributed by atoms with Crippen LogP contribution in [0.3, 0.4) is 0 Å². The predicted molar refractivity (Wildman–Crippen MR) is 134 cm³/mol. The highest BCUT2D eigenvalue weighted by molar-refractivity contribution is 7.18. The van der Waals surface area contributed by atoms with Gasteiger partial charge < -0.3 is 5.32 Å². The molecule has 0 amide bonds. The Hall–Kier alpha value is -3.49. The number of pyridine rings is 1. The fourth-order valence-electron chi connectivity index (χ4n) is 4.83. The van der Waals surface area contributed by atoms with Gasteiger partial charge in [0, 0.05) is 34.6 Å². The van der Waals surface area contributed by atoms with E-state index in [2.05, 4.69) is 21.4 Å². The summed E-state index contributed by atoms with van der Waals surface area (Å²) >= 11 is 1.55. The van der Waals surface area contributed by atoms with Crippen LogP contribution in [0.2, 0.25) is 0 Å². The Morgan fingerprint density at radius 3 is 2.91 bits per heavy atom. The van der Waals surface area contributed by atoms with Crippen molar-refractivity contribution in [3.05, 3.63) is 105 Å². The monoisotopic (exact) mass is 488 g/mol. The van der Waals surface area contributed by atoms with E-state index >= 15 is 0 Å². The van der Waals surface area contributed by atoms with E-state index in [-0.39, 0.29) is 18.1 Å². The third-order valence-corrected chi connectivity index (χ3v) is 7.81. The first kappa shape index (κ1) is 22.0. The molecule has 0 saturated carbocycles. The lowest BCUT2D eigenvalue weighted by Crippen LogP contribution is -2.34. The fourth-order valence-corrected chi connectivity index (χ4v) is 6.08. The van der Waals surface area contributed by atoms with E-state index < -0.39 is 11.6 Å². The normalized spacial score (nSPS) is 15.5. The van der Waals surface area contributed by atoms with E-state index in [1.807, 2.05) is 24.3 Å². The number of nitrogens with zero attached hydrogens (tertiary/aromatic N) is 3. The summed E-state index contributed by atoms with van der Waals surface area (Å²) in [4.78, 5) is 24.4. The van der Waals surface area contributed by atoms with Crippen LogP contribution in [0, 0.1) is 11.6 Å². The standard InChI is InChI=1S/C27H22F2N4OS/c28-21-6-3-5-18(25(21)29)13-30-19-8-9-20-23(11-19)35-26-24(20)27(34)33(15-32-26)14-16-10-17-4-1-2-7-22(17)31-12-16/h1-7,10,12,15,19,30H,8-9,11,13-14H2. The van der Waals surface area contributed by atoms with Gasteiger partial charge in [-0.05, 0) is 48.6 Å². The molecule has 2 aromatic carbocycles. The number of benzene rings is 2. The number of rotatable bonds is 5. The molecule has 0 saturated heterocycles. The van der Waals surface area contributed by atoms with Crippen LogP contribution < -0.4 is 10.9 Å². The zero-order valence-electron chi connectivity index (χ0n) is 18.8. The van der Waals surface area contributed by atoms with E-state index in [0.717, 1.165) is 57.1 Å². The first-order valence-corrected chi connectivity index (χ1v) is 12.4. The van der Waals surface area contributed by atoms with Gasteiger partial charge in [-0.2, -0.15) is 0 Å². The Labute approximate surface area is 204 Å². The van der Waals surface area contributed by atoms with Crippen molar-refractivity contribution >= 4 is 32.5 Å². The summed E-state index contributed by atoms with van der Waals surface area (Å²) in [6.07, 6.45) is 5.72. The Bertz CT molecular complexity index is 1630. The molecule has 35 heavy (non-hydrogen) atoms. The number of aryl methyl sites for hydroxylation is 1. The van der Waals surface area contributed by atoms with Gasteiger partial charge in [0.1, 0.15) is 4.83 Å². The highest BCUT2D eigenvalue weighted by Gasteiger charge is 2.25. The zero-order chi connectivity index (χ0) is 23.9. The molecule has 176 valence electrons. The third kappa shape index (κ3) is 4.13. The maximum Gasteiger partial charge on any atom is 0.262 e. The molecule has 1 aliphatic rings. The van der Waals surface area contributed by atoms with Crippen molar-refractivity contribution in [3.8, 4) is 0 Å². The Morgan fingerprint density at radius 2 is 2.00 bits per heavy atom. The van der Waals surface area contributed by atoms with E-state index in [1.165, 1.54) is 6.07 Å². The lowest BCUT2D eigenvalue weighted by Gasteiger charge is -2.23. The van der Waals surface area contributed by atoms with Gasteiger partial charge in [0.15, 0.2) is 11.6 Å². The van der Waals surface area contributed by atoms with Crippen molar-refractivity contribution in [1.29, 1.82) is 0 Å². The van der Waals surface area contributed by atoms with E-state index in [1.54, 1.807) is 34.5 Å². The summed E-state index contributed by atoms with van der Waals surface area (Å²) in [5.74, 6) is -1.63. The molecule has 1 atom stereocenters. The number of para-hydroxylation sites is 1. The van der Waals surface area contributed by atoms with Crippen molar-refractivity contribution in [1.82, 2.24) is 19.9 Å². The molecule has 1 aliphatic carbocycles. The van der Waals surface area contributed by atoms with Gasteiger partial charge in [-0.15, -0.1) is 11.3 Å². The van der Waals surface area contributed by atoms with E-state index in [9.17, 15) is 13.6 Å². The molecule has 0 spiro atoms. The lowest BCUT2D eigenvalue weighted by molar-refractivity contribution is 0.445. The Morgan fingerprint density at radius 1 is 1.11 bits per heavy atom. The molecule has 3 heterocycles. The molecule has 1 N–H and O–H groups in total. The summed E-state index contributed by atoms with van der Waals surface area (Å²) < 4.78 is 29.1. The number of thiophene rings is 1. The Balaban J connectivity index is 1.23. The van der Waals surface area contributed by atoms with Crippen molar-refractivity contribution in [2.75, 3.05) is 0 Å². The van der Waals surface area contributed by atoms with Crippen LogP contribution in [-0.4, -0.2) is 20.6 Å². The van der Waals surface area contributed by atoms with Crippen molar-refractivity contribution in [3.63, 3.8) is 0 Å². The second kappa shape index (κ2) is 8.94. The second-order valence-corrected chi connectivity index (χ2v) is 10.0. The van der Waals surface area contributed by atoms with Gasteiger partial charge >= 0.3 is 0 Å². The quantitative estimate of drug-likeness (QED) is 0.379. The van der Waals surface area contributed by atoms with Gasteiger partial charge in [0.05, 0.1) is 23.8 Å². The molecule has 0 radical (unpaired) electrons. The lowest BCUT2D eigenvalue weighted by atomic mass is 9.93. The first-order valence-electron chi connectivity index (χ1n) is 11.6.